The summed E-state index contributed by atoms with van der Waals surface area (Å²) in [6.07, 6.45) is 5.50. The van der Waals surface area contributed by atoms with E-state index in [1.165, 1.54) is 25.7 Å². The van der Waals surface area contributed by atoms with Crippen molar-refractivity contribution in [3.8, 4) is 5.75 Å². The van der Waals surface area contributed by atoms with Gasteiger partial charge in [0.25, 0.3) is 0 Å². The number of benzene rings is 1. The molecule has 0 atom stereocenters. The van der Waals surface area contributed by atoms with Crippen LogP contribution in [0.3, 0.4) is 0 Å². The van der Waals surface area contributed by atoms with Crippen molar-refractivity contribution in [1.29, 1.82) is 0 Å². The topological polar surface area (TPSA) is 9.23 Å². The standard InChI is InChI=1S/C11H13O/c1-2-6-10(7-3-1)12-11-8-4-5-9-11/h1-3,6,11H,4-5,8-9H2. The van der Waals surface area contributed by atoms with Crippen LogP contribution in [-0.2, 0) is 0 Å². The van der Waals surface area contributed by atoms with Gasteiger partial charge in [0.1, 0.15) is 5.75 Å². The number of hydrogen-bond donors (Lipinski definition) is 0. The van der Waals surface area contributed by atoms with Crippen LogP contribution < -0.4 is 4.74 Å². The molecule has 1 aromatic carbocycles. The predicted molar refractivity (Wildman–Crippen MR) is 48.2 cm³/mol. The van der Waals surface area contributed by atoms with Crippen molar-refractivity contribution in [2.24, 2.45) is 0 Å². The van der Waals surface area contributed by atoms with Gasteiger partial charge in [-0.15, -0.1) is 0 Å². The van der Waals surface area contributed by atoms with Crippen molar-refractivity contribution in [2.75, 3.05) is 0 Å². The van der Waals surface area contributed by atoms with Crippen LogP contribution in [0.1, 0.15) is 25.7 Å². The maximum Gasteiger partial charge on any atom is 0.127 e. The predicted octanol–water partition coefficient (Wildman–Crippen LogP) is 2.81. The van der Waals surface area contributed by atoms with E-state index in [4.69, 9.17) is 4.74 Å². The van der Waals surface area contributed by atoms with Crippen LogP contribution in [0.25, 0.3) is 0 Å². The lowest BCUT2D eigenvalue weighted by Crippen LogP contribution is -2.10. The maximum absolute atomic E-state index is 5.72. The van der Waals surface area contributed by atoms with Crippen molar-refractivity contribution >= 4 is 0 Å². The number of rotatable bonds is 2. The normalized spacial score (nSPS) is 18.0. The summed E-state index contributed by atoms with van der Waals surface area (Å²) in [5.41, 5.74) is 0. The lowest BCUT2D eigenvalue weighted by atomic mass is 10.3. The van der Waals surface area contributed by atoms with Crippen LogP contribution in [0.2, 0.25) is 0 Å². The van der Waals surface area contributed by atoms with Crippen molar-refractivity contribution in [2.45, 2.75) is 31.8 Å². The molecule has 1 saturated carbocycles. The summed E-state index contributed by atoms with van der Waals surface area (Å²) in [5.74, 6) is 0.893. The maximum atomic E-state index is 5.72. The minimum atomic E-state index is 0.448. The lowest BCUT2D eigenvalue weighted by molar-refractivity contribution is 0.209. The van der Waals surface area contributed by atoms with E-state index in [1.54, 1.807) is 0 Å². The molecule has 0 N–H and O–H groups in total. The van der Waals surface area contributed by atoms with Crippen LogP contribution in [-0.4, -0.2) is 6.10 Å². The fraction of sp³-hybridized carbons (Fsp3) is 0.455. The third kappa shape index (κ3) is 1.79. The Labute approximate surface area is 73.4 Å². The lowest BCUT2D eigenvalue weighted by Gasteiger charge is -2.11. The van der Waals surface area contributed by atoms with Crippen molar-refractivity contribution in [3.63, 3.8) is 0 Å². The van der Waals surface area contributed by atoms with Crippen molar-refractivity contribution in [1.82, 2.24) is 0 Å². The molecule has 0 aliphatic heterocycles. The molecule has 0 amide bonds. The third-order valence-electron chi connectivity index (χ3n) is 2.28. The molecule has 0 saturated heterocycles. The first-order chi connectivity index (χ1) is 5.95. The Hall–Kier alpha value is -0.980. The highest BCUT2D eigenvalue weighted by molar-refractivity contribution is 5.19. The Bertz CT molecular complexity index is 224. The second-order valence-corrected chi connectivity index (χ2v) is 3.25. The zero-order valence-corrected chi connectivity index (χ0v) is 7.12. The monoisotopic (exact) mass is 161 g/mol. The molecule has 0 bridgehead atoms. The second kappa shape index (κ2) is 3.61. The van der Waals surface area contributed by atoms with E-state index in [1.807, 2.05) is 24.3 Å². The molecule has 1 aliphatic rings. The van der Waals surface area contributed by atoms with E-state index in [0.29, 0.717) is 6.10 Å². The molecule has 0 aromatic heterocycles. The highest BCUT2D eigenvalue weighted by Crippen LogP contribution is 2.23. The minimum Gasteiger partial charge on any atom is -0.490 e. The Morgan fingerprint density at radius 2 is 2.08 bits per heavy atom. The van der Waals surface area contributed by atoms with E-state index in [-0.39, 0.29) is 0 Å². The molecule has 12 heavy (non-hydrogen) atoms. The number of para-hydroxylation sites is 1. The fourth-order valence-corrected chi connectivity index (χ4v) is 1.64. The summed E-state index contributed by atoms with van der Waals surface area (Å²) in [6.45, 7) is 0. The largest absolute Gasteiger partial charge is 0.490 e. The van der Waals surface area contributed by atoms with Crippen LogP contribution >= 0.6 is 0 Å². The first-order valence-corrected chi connectivity index (χ1v) is 4.58. The summed E-state index contributed by atoms with van der Waals surface area (Å²) < 4.78 is 5.72. The molecular formula is C11H13O. The first-order valence-electron chi connectivity index (χ1n) is 4.58. The Morgan fingerprint density at radius 1 is 1.25 bits per heavy atom. The highest BCUT2D eigenvalue weighted by Gasteiger charge is 2.15. The van der Waals surface area contributed by atoms with Crippen LogP contribution in [0.5, 0.6) is 5.75 Å². The van der Waals surface area contributed by atoms with Gasteiger partial charge in [0.15, 0.2) is 0 Å². The zero-order chi connectivity index (χ0) is 8.23. The van der Waals surface area contributed by atoms with Gasteiger partial charge in [0.2, 0.25) is 0 Å². The van der Waals surface area contributed by atoms with Gasteiger partial charge in [-0.1, -0.05) is 18.2 Å². The third-order valence-corrected chi connectivity index (χ3v) is 2.28. The summed E-state index contributed by atoms with van der Waals surface area (Å²) in [4.78, 5) is 0. The molecule has 0 unspecified atom stereocenters. The van der Waals surface area contributed by atoms with Gasteiger partial charge in [0.05, 0.1) is 6.10 Å². The Kier molecular flexibility index (Phi) is 2.31. The molecule has 1 fully saturated rings. The Morgan fingerprint density at radius 3 is 2.75 bits per heavy atom. The van der Waals surface area contributed by atoms with Crippen molar-refractivity contribution < 1.29 is 4.74 Å². The fourth-order valence-electron chi connectivity index (χ4n) is 1.64. The van der Waals surface area contributed by atoms with E-state index in [9.17, 15) is 0 Å². The van der Waals surface area contributed by atoms with Gasteiger partial charge in [-0.2, -0.15) is 0 Å². The molecule has 2 rings (SSSR count). The first kappa shape index (κ1) is 7.66. The van der Waals surface area contributed by atoms with E-state index >= 15 is 0 Å². The van der Waals surface area contributed by atoms with Gasteiger partial charge < -0.3 is 4.74 Å². The number of hydrogen-bond acceptors (Lipinski definition) is 1. The summed E-state index contributed by atoms with van der Waals surface area (Å²) in [7, 11) is 0. The zero-order valence-electron chi connectivity index (χ0n) is 7.12. The SMILES string of the molecule is [c]1ccccc1OC1CCCC1. The molecular weight excluding hydrogens is 148 g/mol. The molecule has 0 heterocycles. The van der Waals surface area contributed by atoms with E-state index < -0.39 is 0 Å². The van der Waals surface area contributed by atoms with Gasteiger partial charge in [0, 0.05) is 6.07 Å². The minimum absolute atomic E-state index is 0.448. The molecule has 0 spiro atoms. The number of ether oxygens (including phenoxy) is 1. The van der Waals surface area contributed by atoms with Gasteiger partial charge in [-0.3, -0.25) is 0 Å². The summed E-state index contributed by atoms with van der Waals surface area (Å²) >= 11 is 0. The van der Waals surface area contributed by atoms with Crippen molar-refractivity contribution in [3.05, 3.63) is 30.3 Å². The van der Waals surface area contributed by atoms with Gasteiger partial charge >= 0.3 is 0 Å². The Balaban J connectivity index is 1.94. The van der Waals surface area contributed by atoms with Crippen LogP contribution in [0.4, 0.5) is 0 Å². The van der Waals surface area contributed by atoms with Gasteiger partial charge in [-0.05, 0) is 31.7 Å². The highest BCUT2D eigenvalue weighted by atomic mass is 16.5. The summed E-state index contributed by atoms with van der Waals surface area (Å²) in [6, 6.07) is 10.9. The molecule has 1 nitrogen and oxygen atoms in total. The van der Waals surface area contributed by atoms with Crippen LogP contribution in [0, 0.1) is 6.07 Å². The molecule has 1 aromatic rings. The van der Waals surface area contributed by atoms with E-state index in [2.05, 4.69) is 6.07 Å². The second-order valence-electron chi connectivity index (χ2n) is 3.25. The summed E-state index contributed by atoms with van der Waals surface area (Å²) in [5, 5.41) is 0. The molecule has 1 aliphatic carbocycles. The smallest absolute Gasteiger partial charge is 0.127 e. The molecule has 1 radical (unpaired) electrons. The van der Waals surface area contributed by atoms with Gasteiger partial charge in [-0.25, -0.2) is 0 Å². The van der Waals surface area contributed by atoms with E-state index in [0.717, 1.165) is 5.75 Å². The van der Waals surface area contributed by atoms with Crippen LogP contribution in [0.15, 0.2) is 24.3 Å². The average molecular weight is 161 g/mol. The molecule has 1 heteroatoms. The molecule has 63 valence electrons. The quantitative estimate of drug-likeness (QED) is 0.648. The average Bonchev–Trinajstić information content (AvgIpc) is 2.59.